The summed E-state index contributed by atoms with van der Waals surface area (Å²) in [4.78, 5) is 14.6. The van der Waals surface area contributed by atoms with Crippen LogP contribution < -0.4 is 4.74 Å². The Labute approximate surface area is 129 Å². The molecule has 2 rings (SSSR count). The zero-order chi connectivity index (χ0) is 14.5. The molecule has 0 N–H and O–H groups in total. The minimum atomic E-state index is 0.0719. The lowest BCUT2D eigenvalue weighted by atomic mass is 10.1. The molecule has 1 amide bonds. The van der Waals surface area contributed by atoms with Gasteiger partial charge in [0.15, 0.2) is 0 Å². The van der Waals surface area contributed by atoms with Crippen molar-refractivity contribution >= 4 is 21.8 Å². The van der Waals surface area contributed by atoms with Crippen molar-refractivity contribution in [1.82, 2.24) is 4.90 Å². The molecule has 1 aliphatic carbocycles. The van der Waals surface area contributed by atoms with E-state index in [0.29, 0.717) is 17.4 Å². The van der Waals surface area contributed by atoms with E-state index in [1.807, 2.05) is 24.1 Å². The lowest BCUT2D eigenvalue weighted by molar-refractivity contribution is 0.0716. The third-order valence-corrected chi connectivity index (χ3v) is 4.79. The fourth-order valence-corrected chi connectivity index (χ4v) is 3.21. The first-order valence-electron chi connectivity index (χ1n) is 7.24. The second-order valence-corrected chi connectivity index (χ2v) is 6.26. The van der Waals surface area contributed by atoms with Gasteiger partial charge in [-0.05, 0) is 47.0 Å². The van der Waals surface area contributed by atoms with E-state index in [0.717, 1.165) is 17.3 Å². The number of hydrogen-bond acceptors (Lipinski definition) is 2. The van der Waals surface area contributed by atoms with Crippen LogP contribution in [0.4, 0.5) is 0 Å². The Morgan fingerprint density at radius 3 is 2.50 bits per heavy atom. The first kappa shape index (κ1) is 15.4. The van der Waals surface area contributed by atoms with Gasteiger partial charge in [-0.3, -0.25) is 4.79 Å². The molecular formula is C16H22BrNO2. The molecule has 1 fully saturated rings. The van der Waals surface area contributed by atoms with Crippen molar-refractivity contribution in [3.05, 3.63) is 28.2 Å². The number of carbonyl (C=O) groups excluding carboxylic acids is 1. The minimum absolute atomic E-state index is 0.0719. The number of rotatable bonds is 3. The fourth-order valence-electron chi connectivity index (χ4n) is 2.80. The number of nitrogens with zero attached hydrogens (tertiary/aromatic N) is 1. The second-order valence-electron chi connectivity index (χ2n) is 5.41. The van der Waals surface area contributed by atoms with Gasteiger partial charge in [0.05, 0.1) is 12.7 Å². The molecule has 3 nitrogen and oxygen atoms in total. The number of benzene rings is 1. The van der Waals surface area contributed by atoms with Crippen LogP contribution in [0.1, 0.15) is 48.9 Å². The van der Waals surface area contributed by atoms with Crippen molar-refractivity contribution in [1.29, 1.82) is 0 Å². The highest BCUT2D eigenvalue weighted by Gasteiger charge is 2.23. The van der Waals surface area contributed by atoms with Gasteiger partial charge in [-0.2, -0.15) is 0 Å². The van der Waals surface area contributed by atoms with E-state index in [1.165, 1.54) is 25.7 Å². The summed E-state index contributed by atoms with van der Waals surface area (Å²) in [5.74, 6) is 0.786. The quantitative estimate of drug-likeness (QED) is 0.770. The Bertz CT molecular complexity index is 468. The average molecular weight is 340 g/mol. The van der Waals surface area contributed by atoms with E-state index in [4.69, 9.17) is 4.74 Å². The molecule has 0 saturated heterocycles. The minimum Gasteiger partial charge on any atom is -0.497 e. The van der Waals surface area contributed by atoms with E-state index in [-0.39, 0.29) is 5.91 Å². The molecule has 0 atom stereocenters. The zero-order valence-corrected chi connectivity index (χ0v) is 13.8. The van der Waals surface area contributed by atoms with Crippen LogP contribution in [0, 0.1) is 0 Å². The molecule has 1 aromatic carbocycles. The maximum atomic E-state index is 12.7. The molecular weight excluding hydrogens is 318 g/mol. The number of hydrogen-bond donors (Lipinski definition) is 0. The van der Waals surface area contributed by atoms with E-state index in [1.54, 1.807) is 13.2 Å². The van der Waals surface area contributed by atoms with Gasteiger partial charge in [-0.15, -0.1) is 0 Å². The van der Waals surface area contributed by atoms with Crippen LogP contribution in [0.2, 0.25) is 0 Å². The van der Waals surface area contributed by atoms with Gasteiger partial charge in [0.25, 0.3) is 5.91 Å². The molecule has 0 aromatic heterocycles. The van der Waals surface area contributed by atoms with Crippen LogP contribution in [-0.4, -0.2) is 31.0 Å². The summed E-state index contributed by atoms with van der Waals surface area (Å²) in [6, 6.07) is 5.89. The van der Waals surface area contributed by atoms with E-state index in [9.17, 15) is 4.79 Å². The van der Waals surface area contributed by atoms with Crippen LogP contribution in [0.15, 0.2) is 22.7 Å². The molecule has 20 heavy (non-hydrogen) atoms. The summed E-state index contributed by atoms with van der Waals surface area (Å²) in [6.07, 6.45) is 7.26. The molecule has 1 aromatic rings. The van der Waals surface area contributed by atoms with Gasteiger partial charge < -0.3 is 9.64 Å². The van der Waals surface area contributed by atoms with Crippen LogP contribution >= 0.6 is 15.9 Å². The highest BCUT2D eigenvalue weighted by Crippen LogP contribution is 2.27. The molecule has 0 unspecified atom stereocenters. The summed E-state index contributed by atoms with van der Waals surface area (Å²) in [6.45, 7) is 0. The van der Waals surface area contributed by atoms with Gasteiger partial charge in [0.1, 0.15) is 5.75 Å². The van der Waals surface area contributed by atoms with Crippen LogP contribution in [-0.2, 0) is 0 Å². The third kappa shape index (κ3) is 3.54. The Hall–Kier alpha value is -1.03. The first-order chi connectivity index (χ1) is 9.63. The second kappa shape index (κ2) is 7.11. The molecule has 0 bridgehead atoms. The Balaban J connectivity index is 2.16. The lowest BCUT2D eigenvalue weighted by Crippen LogP contribution is -2.36. The molecule has 1 saturated carbocycles. The van der Waals surface area contributed by atoms with Crippen molar-refractivity contribution in [3.8, 4) is 5.75 Å². The van der Waals surface area contributed by atoms with Gasteiger partial charge in [-0.25, -0.2) is 0 Å². The van der Waals surface area contributed by atoms with E-state index < -0.39 is 0 Å². The van der Waals surface area contributed by atoms with E-state index >= 15 is 0 Å². The number of halogens is 1. The molecule has 0 aliphatic heterocycles. The summed E-state index contributed by atoms with van der Waals surface area (Å²) < 4.78 is 6.04. The Morgan fingerprint density at radius 2 is 1.90 bits per heavy atom. The molecule has 4 heteroatoms. The molecule has 1 aliphatic rings. The standard InChI is InChI=1S/C16H22BrNO2/c1-18(12-7-5-3-4-6-8-12)16(19)14-11-13(20-2)9-10-15(14)17/h9-12H,3-8H2,1-2H3. The van der Waals surface area contributed by atoms with Crippen molar-refractivity contribution in [2.24, 2.45) is 0 Å². The van der Waals surface area contributed by atoms with Gasteiger partial charge >= 0.3 is 0 Å². The first-order valence-corrected chi connectivity index (χ1v) is 8.03. The zero-order valence-electron chi connectivity index (χ0n) is 12.2. The smallest absolute Gasteiger partial charge is 0.255 e. The SMILES string of the molecule is COc1ccc(Br)c(C(=O)N(C)C2CCCCCC2)c1. The maximum absolute atomic E-state index is 12.7. The number of ether oxygens (including phenoxy) is 1. The third-order valence-electron chi connectivity index (χ3n) is 4.10. The molecule has 0 spiro atoms. The van der Waals surface area contributed by atoms with Crippen molar-refractivity contribution in [2.75, 3.05) is 14.2 Å². The van der Waals surface area contributed by atoms with Crippen LogP contribution in [0.25, 0.3) is 0 Å². The number of carbonyl (C=O) groups is 1. The summed E-state index contributed by atoms with van der Waals surface area (Å²) in [5, 5.41) is 0. The Morgan fingerprint density at radius 1 is 1.25 bits per heavy atom. The number of amides is 1. The maximum Gasteiger partial charge on any atom is 0.255 e. The van der Waals surface area contributed by atoms with Crippen molar-refractivity contribution in [3.63, 3.8) is 0 Å². The predicted molar refractivity (Wildman–Crippen MR) is 84.3 cm³/mol. The topological polar surface area (TPSA) is 29.5 Å². The van der Waals surface area contributed by atoms with Crippen molar-refractivity contribution < 1.29 is 9.53 Å². The van der Waals surface area contributed by atoms with Crippen molar-refractivity contribution in [2.45, 2.75) is 44.6 Å². The largest absolute Gasteiger partial charge is 0.497 e. The highest BCUT2D eigenvalue weighted by molar-refractivity contribution is 9.10. The lowest BCUT2D eigenvalue weighted by Gasteiger charge is -2.27. The molecule has 0 radical (unpaired) electrons. The Kier molecular flexibility index (Phi) is 5.46. The summed E-state index contributed by atoms with van der Waals surface area (Å²) in [7, 11) is 3.54. The van der Waals surface area contributed by atoms with Gasteiger partial charge in [0, 0.05) is 17.6 Å². The summed E-state index contributed by atoms with van der Waals surface area (Å²) >= 11 is 3.46. The normalized spacial score (nSPS) is 16.6. The van der Waals surface area contributed by atoms with Crippen LogP contribution in [0.5, 0.6) is 5.75 Å². The fraction of sp³-hybridized carbons (Fsp3) is 0.562. The summed E-state index contributed by atoms with van der Waals surface area (Å²) in [5.41, 5.74) is 0.677. The highest BCUT2D eigenvalue weighted by atomic mass is 79.9. The monoisotopic (exact) mass is 339 g/mol. The van der Waals surface area contributed by atoms with Gasteiger partial charge in [0.2, 0.25) is 0 Å². The van der Waals surface area contributed by atoms with E-state index in [2.05, 4.69) is 15.9 Å². The molecule has 110 valence electrons. The van der Waals surface area contributed by atoms with Crippen LogP contribution in [0.3, 0.4) is 0 Å². The number of methoxy groups -OCH3 is 1. The molecule has 0 heterocycles. The van der Waals surface area contributed by atoms with Gasteiger partial charge in [-0.1, -0.05) is 25.7 Å². The average Bonchev–Trinajstić information content (AvgIpc) is 2.75. The predicted octanol–water partition coefficient (Wildman–Crippen LogP) is 4.25.